The quantitative estimate of drug-likeness (QED) is 0.841. The van der Waals surface area contributed by atoms with E-state index in [9.17, 15) is 9.59 Å². The lowest BCUT2D eigenvalue weighted by atomic mass is 10.0. The molecular formula is C16H15NO3. The predicted molar refractivity (Wildman–Crippen MR) is 78.2 cm³/mol. The largest absolute Gasteiger partial charge is 0.478 e. The molecule has 4 heteroatoms. The summed E-state index contributed by atoms with van der Waals surface area (Å²) in [4.78, 5) is 20.1. The predicted octanol–water partition coefficient (Wildman–Crippen LogP) is 2.71. The van der Waals surface area contributed by atoms with Gasteiger partial charge in [0.25, 0.3) is 0 Å². The van der Waals surface area contributed by atoms with E-state index in [2.05, 4.69) is 12.3 Å². The van der Waals surface area contributed by atoms with Crippen LogP contribution in [0, 0.1) is 0 Å². The van der Waals surface area contributed by atoms with E-state index in [0.29, 0.717) is 5.56 Å². The van der Waals surface area contributed by atoms with Gasteiger partial charge in [0.05, 0.1) is 5.56 Å². The molecule has 2 rings (SSSR count). The van der Waals surface area contributed by atoms with Crippen LogP contribution in [-0.4, -0.2) is 17.0 Å². The first-order valence-electron chi connectivity index (χ1n) is 5.85. The summed E-state index contributed by atoms with van der Waals surface area (Å²) in [5, 5.41) is 8.75. The molecule has 2 aromatic carbocycles. The zero-order valence-corrected chi connectivity index (χ0v) is 10.8. The summed E-state index contributed by atoms with van der Waals surface area (Å²) in [7, 11) is 0. The van der Waals surface area contributed by atoms with Gasteiger partial charge in [-0.2, -0.15) is 0 Å². The molecular weight excluding hydrogens is 254 g/mol. The minimum atomic E-state index is -0.894. The SMILES string of the molecule is C=CC(N)=O.O=C(O)c1ccc(-c2ccccc2)cc1. The van der Waals surface area contributed by atoms with Gasteiger partial charge in [0.1, 0.15) is 0 Å². The van der Waals surface area contributed by atoms with Crippen LogP contribution in [-0.2, 0) is 4.79 Å². The van der Waals surface area contributed by atoms with E-state index in [1.54, 1.807) is 12.1 Å². The van der Waals surface area contributed by atoms with Crippen LogP contribution in [0.15, 0.2) is 67.3 Å². The van der Waals surface area contributed by atoms with Crippen LogP contribution in [0.2, 0.25) is 0 Å². The molecule has 4 nitrogen and oxygen atoms in total. The molecule has 0 bridgehead atoms. The van der Waals surface area contributed by atoms with Crippen molar-refractivity contribution in [3.05, 3.63) is 72.8 Å². The van der Waals surface area contributed by atoms with E-state index in [1.807, 2.05) is 42.5 Å². The average molecular weight is 269 g/mol. The summed E-state index contributed by atoms with van der Waals surface area (Å²) < 4.78 is 0. The van der Waals surface area contributed by atoms with Gasteiger partial charge in [-0.25, -0.2) is 4.79 Å². The van der Waals surface area contributed by atoms with Crippen molar-refractivity contribution < 1.29 is 14.7 Å². The molecule has 0 aliphatic rings. The number of hydrogen-bond acceptors (Lipinski definition) is 2. The molecule has 2 aromatic rings. The lowest BCUT2D eigenvalue weighted by molar-refractivity contribution is -0.113. The molecule has 1 amide bonds. The summed E-state index contributed by atoms with van der Waals surface area (Å²) in [5.74, 6) is -1.38. The lowest BCUT2D eigenvalue weighted by Crippen LogP contribution is -2.04. The van der Waals surface area contributed by atoms with Gasteiger partial charge >= 0.3 is 5.97 Å². The van der Waals surface area contributed by atoms with Gasteiger partial charge < -0.3 is 10.8 Å². The number of aromatic carboxylic acids is 1. The highest BCUT2D eigenvalue weighted by Gasteiger charge is 2.02. The second-order valence-electron chi connectivity index (χ2n) is 3.86. The molecule has 0 saturated heterocycles. The number of carboxylic acid groups (broad SMARTS) is 1. The van der Waals surface area contributed by atoms with Crippen LogP contribution in [0.25, 0.3) is 11.1 Å². The van der Waals surface area contributed by atoms with E-state index in [0.717, 1.165) is 17.2 Å². The van der Waals surface area contributed by atoms with Crippen molar-refractivity contribution >= 4 is 11.9 Å². The van der Waals surface area contributed by atoms with Crippen LogP contribution in [0.1, 0.15) is 10.4 Å². The van der Waals surface area contributed by atoms with Crippen molar-refractivity contribution in [3.63, 3.8) is 0 Å². The Morgan fingerprint density at radius 2 is 1.40 bits per heavy atom. The van der Waals surface area contributed by atoms with E-state index in [1.165, 1.54) is 0 Å². The summed E-state index contributed by atoms with van der Waals surface area (Å²) in [6, 6.07) is 16.7. The highest BCUT2D eigenvalue weighted by molar-refractivity contribution is 5.88. The lowest BCUT2D eigenvalue weighted by Gasteiger charge is -2.01. The Labute approximate surface area is 117 Å². The fourth-order valence-corrected chi connectivity index (χ4v) is 1.44. The highest BCUT2D eigenvalue weighted by atomic mass is 16.4. The van der Waals surface area contributed by atoms with Crippen LogP contribution in [0.5, 0.6) is 0 Å². The third-order valence-electron chi connectivity index (χ3n) is 2.44. The number of nitrogens with two attached hydrogens (primary N) is 1. The van der Waals surface area contributed by atoms with E-state index < -0.39 is 11.9 Å². The maximum atomic E-state index is 10.6. The summed E-state index contributed by atoms with van der Waals surface area (Å²) in [6.45, 7) is 3.09. The van der Waals surface area contributed by atoms with Crippen LogP contribution in [0.3, 0.4) is 0 Å². The van der Waals surface area contributed by atoms with Crippen molar-refractivity contribution in [2.75, 3.05) is 0 Å². The molecule has 0 radical (unpaired) electrons. The fraction of sp³-hybridized carbons (Fsp3) is 0. The number of carbonyl (C=O) groups excluding carboxylic acids is 1. The molecule has 0 fully saturated rings. The van der Waals surface area contributed by atoms with Crippen LogP contribution >= 0.6 is 0 Å². The second-order valence-corrected chi connectivity index (χ2v) is 3.86. The van der Waals surface area contributed by atoms with Crippen LogP contribution < -0.4 is 5.73 Å². The number of benzene rings is 2. The zero-order chi connectivity index (χ0) is 15.0. The van der Waals surface area contributed by atoms with Crippen molar-refractivity contribution in [3.8, 4) is 11.1 Å². The van der Waals surface area contributed by atoms with Gasteiger partial charge in [-0.3, -0.25) is 4.79 Å². The summed E-state index contributed by atoms with van der Waals surface area (Å²) in [6.07, 6.45) is 1.06. The molecule has 0 saturated carbocycles. The first-order chi connectivity index (χ1) is 9.54. The minimum absolute atomic E-state index is 0.315. The molecule has 0 unspecified atom stereocenters. The Kier molecular flexibility index (Phi) is 5.72. The Morgan fingerprint density at radius 3 is 1.80 bits per heavy atom. The van der Waals surface area contributed by atoms with Crippen molar-refractivity contribution in [2.45, 2.75) is 0 Å². The standard InChI is InChI=1S/C13H10O2.C3H5NO/c14-13(15)12-8-6-11(7-9-12)10-4-2-1-3-5-10;1-2-3(4)5/h1-9H,(H,14,15);2H,1H2,(H2,4,5). The van der Waals surface area contributed by atoms with Gasteiger partial charge in [0.15, 0.2) is 0 Å². The normalized spacial score (nSPS) is 9.00. The molecule has 0 atom stereocenters. The zero-order valence-electron chi connectivity index (χ0n) is 10.8. The smallest absolute Gasteiger partial charge is 0.335 e. The number of amides is 1. The third kappa shape index (κ3) is 4.78. The number of primary amides is 1. The number of carbonyl (C=O) groups is 2. The topological polar surface area (TPSA) is 80.4 Å². The fourth-order valence-electron chi connectivity index (χ4n) is 1.44. The molecule has 102 valence electrons. The van der Waals surface area contributed by atoms with E-state index in [-0.39, 0.29) is 0 Å². The van der Waals surface area contributed by atoms with E-state index >= 15 is 0 Å². The summed E-state index contributed by atoms with van der Waals surface area (Å²) in [5.41, 5.74) is 6.97. The molecule has 3 N–H and O–H groups in total. The Morgan fingerprint density at radius 1 is 0.950 bits per heavy atom. The summed E-state index contributed by atoms with van der Waals surface area (Å²) >= 11 is 0. The van der Waals surface area contributed by atoms with Crippen molar-refractivity contribution in [1.29, 1.82) is 0 Å². The van der Waals surface area contributed by atoms with Gasteiger partial charge in [-0.15, -0.1) is 0 Å². The van der Waals surface area contributed by atoms with Gasteiger partial charge in [0.2, 0.25) is 5.91 Å². The maximum absolute atomic E-state index is 10.6. The van der Waals surface area contributed by atoms with Crippen molar-refractivity contribution in [1.82, 2.24) is 0 Å². The number of hydrogen-bond donors (Lipinski definition) is 2. The maximum Gasteiger partial charge on any atom is 0.335 e. The van der Waals surface area contributed by atoms with Crippen LogP contribution in [0.4, 0.5) is 0 Å². The van der Waals surface area contributed by atoms with Crippen molar-refractivity contribution in [2.24, 2.45) is 5.73 Å². The molecule has 0 aromatic heterocycles. The average Bonchev–Trinajstić information content (AvgIpc) is 2.49. The highest BCUT2D eigenvalue weighted by Crippen LogP contribution is 2.18. The molecule has 20 heavy (non-hydrogen) atoms. The molecule has 0 aliphatic carbocycles. The Balaban J connectivity index is 0.000000347. The number of rotatable bonds is 3. The third-order valence-corrected chi connectivity index (χ3v) is 2.44. The number of carboxylic acids is 1. The molecule has 0 spiro atoms. The molecule has 0 aliphatic heterocycles. The first kappa shape index (κ1) is 15.2. The Bertz CT molecular complexity index is 589. The van der Waals surface area contributed by atoms with Gasteiger partial charge in [-0.1, -0.05) is 49.0 Å². The van der Waals surface area contributed by atoms with Gasteiger partial charge in [0, 0.05) is 0 Å². The first-order valence-corrected chi connectivity index (χ1v) is 5.85. The Hall–Kier alpha value is -2.88. The van der Waals surface area contributed by atoms with E-state index in [4.69, 9.17) is 5.11 Å². The minimum Gasteiger partial charge on any atom is -0.478 e. The molecule has 0 heterocycles. The monoisotopic (exact) mass is 269 g/mol. The second kappa shape index (κ2) is 7.53. The van der Waals surface area contributed by atoms with Gasteiger partial charge in [-0.05, 0) is 29.3 Å².